The number of nitrogens with one attached hydrogen (secondary N) is 2. The zero-order valence-corrected chi connectivity index (χ0v) is 22.0. The zero-order valence-electron chi connectivity index (χ0n) is 22.0. The average molecular weight is 540 g/mol. The van der Waals surface area contributed by atoms with Crippen LogP contribution >= 0.6 is 0 Å². The molecule has 4 heterocycles. The molecule has 0 fully saturated rings. The number of amides is 1. The van der Waals surface area contributed by atoms with Crippen LogP contribution in [0.3, 0.4) is 0 Å². The molecule has 0 radical (unpaired) electrons. The highest BCUT2D eigenvalue weighted by Gasteiger charge is 2.27. The van der Waals surface area contributed by atoms with Crippen LogP contribution in [0.25, 0.3) is 28.3 Å². The molecule has 0 aliphatic rings. The molecule has 0 spiro atoms. The Balaban J connectivity index is 1.49. The van der Waals surface area contributed by atoms with Crippen LogP contribution < -0.4 is 10.6 Å². The SMILES string of the molecule is Cn1cnc(-c2ccc(Nc3cc(-c4ccc5cc(C#N)cnn45)ncc3C(=O)NC[C@@H](F)C(C)(C)O)cc2)n1. The molecule has 5 rings (SSSR count). The highest BCUT2D eigenvalue weighted by Crippen LogP contribution is 2.28. The van der Waals surface area contributed by atoms with Crippen molar-refractivity contribution >= 4 is 22.8 Å². The smallest absolute Gasteiger partial charge is 0.255 e. The average Bonchev–Trinajstić information content (AvgIpc) is 3.57. The highest BCUT2D eigenvalue weighted by molar-refractivity contribution is 6.00. The van der Waals surface area contributed by atoms with Gasteiger partial charge in [0.2, 0.25) is 0 Å². The summed E-state index contributed by atoms with van der Waals surface area (Å²) < 4.78 is 17.6. The number of carbonyl (C=O) groups is 1. The molecule has 0 aliphatic carbocycles. The third kappa shape index (κ3) is 5.50. The van der Waals surface area contributed by atoms with Crippen molar-refractivity contribution in [1.82, 2.24) is 34.7 Å². The molecule has 1 aromatic carbocycles. The molecule has 0 saturated carbocycles. The first-order valence-electron chi connectivity index (χ1n) is 12.4. The Morgan fingerprint density at radius 1 is 1.15 bits per heavy atom. The minimum absolute atomic E-state index is 0.183. The lowest BCUT2D eigenvalue weighted by molar-refractivity contribution is -0.00177. The van der Waals surface area contributed by atoms with Crippen LogP contribution in [0, 0.1) is 11.3 Å². The van der Waals surface area contributed by atoms with Gasteiger partial charge in [-0.25, -0.2) is 13.9 Å². The number of aromatic nitrogens is 6. The summed E-state index contributed by atoms with van der Waals surface area (Å²) in [6.45, 7) is 2.31. The molecule has 0 saturated heterocycles. The molecule has 1 atom stereocenters. The largest absolute Gasteiger partial charge is 0.387 e. The number of fused-ring (bicyclic) bond motifs is 1. The molecule has 0 aliphatic heterocycles. The first-order chi connectivity index (χ1) is 19.1. The van der Waals surface area contributed by atoms with E-state index in [1.54, 1.807) is 34.7 Å². The van der Waals surface area contributed by atoms with E-state index < -0.39 is 17.7 Å². The summed E-state index contributed by atoms with van der Waals surface area (Å²) in [5.41, 5.74) is 2.83. The van der Waals surface area contributed by atoms with Crippen molar-refractivity contribution in [3.63, 3.8) is 0 Å². The van der Waals surface area contributed by atoms with Gasteiger partial charge in [0.25, 0.3) is 5.91 Å². The second-order valence-corrected chi connectivity index (χ2v) is 9.80. The monoisotopic (exact) mass is 539 g/mol. The van der Waals surface area contributed by atoms with E-state index in [2.05, 4.69) is 36.9 Å². The van der Waals surface area contributed by atoms with Gasteiger partial charge in [0.05, 0.1) is 52.1 Å². The van der Waals surface area contributed by atoms with E-state index in [9.17, 15) is 19.6 Å². The summed E-state index contributed by atoms with van der Waals surface area (Å²) in [7, 11) is 1.79. The van der Waals surface area contributed by atoms with E-state index in [4.69, 9.17) is 0 Å². The lowest BCUT2D eigenvalue weighted by Crippen LogP contribution is -2.42. The summed E-state index contributed by atoms with van der Waals surface area (Å²) in [6.07, 6.45) is 2.82. The topological polar surface area (TPSA) is 146 Å². The van der Waals surface area contributed by atoms with Crippen molar-refractivity contribution in [2.24, 2.45) is 7.05 Å². The first kappa shape index (κ1) is 26.5. The van der Waals surface area contributed by atoms with Gasteiger partial charge in [-0.15, -0.1) is 0 Å². The number of aryl methyl sites for hydroxylation is 1. The second kappa shape index (κ2) is 10.5. The maximum absolute atomic E-state index is 14.3. The molecule has 12 heteroatoms. The van der Waals surface area contributed by atoms with Crippen molar-refractivity contribution in [3.8, 4) is 28.8 Å². The minimum Gasteiger partial charge on any atom is -0.387 e. The number of nitrogens with zero attached hydrogens (tertiary/aromatic N) is 7. The minimum atomic E-state index is -1.66. The van der Waals surface area contributed by atoms with E-state index in [0.717, 1.165) is 5.56 Å². The number of nitriles is 1. The maximum Gasteiger partial charge on any atom is 0.255 e. The first-order valence-corrected chi connectivity index (χ1v) is 12.4. The number of hydrogen-bond acceptors (Lipinski definition) is 8. The Kier molecular flexibility index (Phi) is 6.98. The number of hydrogen-bond donors (Lipinski definition) is 3. The summed E-state index contributed by atoms with van der Waals surface area (Å²) >= 11 is 0. The van der Waals surface area contributed by atoms with Gasteiger partial charge >= 0.3 is 0 Å². The molecule has 3 N–H and O–H groups in total. The number of anilines is 2. The van der Waals surface area contributed by atoms with Crippen LogP contribution in [0.15, 0.2) is 67.3 Å². The van der Waals surface area contributed by atoms with Crippen molar-refractivity contribution in [3.05, 3.63) is 78.4 Å². The van der Waals surface area contributed by atoms with Gasteiger partial charge in [0, 0.05) is 24.5 Å². The Hall–Kier alpha value is -5.15. The van der Waals surface area contributed by atoms with Gasteiger partial charge in [0.1, 0.15) is 18.6 Å². The van der Waals surface area contributed by atoms with E-state index >= 15 is 0 Å². The van der Waals surface area contributed by atoms with Crippen LogP contribution in [0.4, 0.5) is 15.8 Å². The fourth-order valence-corrected chi connectivity index (χ4v) is 3.99. The molecule has 202 valence electrons. The quantitative estimate of drug-likeness (QED) is 0.271. The number of aliphatic hydroxyl groups is 1. The Bertz CT molecular complexity index is 1730. The van der Waals surface area contributed by atoms with E-state index in [-0.39, 0.29) is 12.1 Å². The number of rotatable bonds is 8. The fourth-order valence-electron chi connectivity index (χ4n) is 3.99. The number of halogens is 1. The van der Waals surface area contributed by atoms with Crippen LogP contribution in [0.1, 0.15) is 29.8 Å². The number of benzene rings is 1. The highest BCUT2D eigenvalue weighted by atomic mass is 19.1. The summed E-state index contributed by atoms with van der Waals surface area (Å²) in [5, 5.41) is 33.5. The Morgan fingerprint density at radius 3 is 2.60 bits per heavy atom. The van der Waals surface area contributed by atoms with Gasteiger partial charge < -0.3 is 15.7 Å². The number of pyridine rings is 1. The molecule has 4 aromatic heterocycles. The fraction of sp³-hybridized carbons (Fsp3) is 0.214. The normalized spacial score (nSPS) is 12.2. The lowest BCUT2D eigenvalue weighted by atomic mass is 10.0. The van der Waals surface area contributed by atoms with Crippen LogP contribution in [-0.4, -0.2) is 58.7 Å². The van der Waals surface area contributed by atoms with Gasteiger partial charge in [-0.1, -0.05) is 0 Å². The standard InChI is InChI=1S/C28H26FN9O2/c1-28(2,40)25(29)15-32-27(39)21-14-31-23(24-9-8-20-10-17(12-30)13-34-38(20)24)11-22(21)35-19-6-4-18(5-7-19)26-33-16-37(3)36-26/h4-11,13-14,16,25,40H,15H2,1-3H3,(H,31,35)(H,32,39)/t25-/m1/s1. The van der Waals surface area contributed by atoms with Crippen molar-refractivity contribution in [1.29, 1.82) is 5.26 Å². The molecule has 0 bridgehead atoms. The maximum atomic E-state index is 14.3. The van der Waals surface area contributed by atoms with Crippen molar-refractivity contribution in [2.45, 2.75) is 25.6 Å². The molecule has 1 amide bonds. The number of carbonyl (C=O) groups excluding carboxylic acids is 1. The van der Waals surface area contributed by atoms with Crippen LogP contribution in [0.2, 0.25) is 0 Å². The van der Waals surface area contributed by atoms with Crippen LogP contribution in [0.5, 0.6) is 0 Å². The van der Waals surface area contributed by atoms with Gasteiger partial charge in [-0.05, 0) is 62.4 Å². The summed E-state index contributed by atoms with van der Waals surface area (Å²) in [6, 6.07) is 16.5. The predicted octanol–water partition coefficient (Wildman–Crippen LogP) is 3.65. The molecular weight excluding hydrogens is 513 g/mol. The van der Waals surface area contributed by atoms with Gasteiger partial charge in [-0.2, -0.15) is 15.5 Å². The van der Waals surface area contributed by atoms with E-state index in [1.807, 2.05) is 36.4 Å². The summed E-state index contributed by atoms with van der Waals surface area (Å²) in [5.74, 6) is 0.0274. The van der Waals surface area contributed by atoms with E-state index in [0.29, 0.717) is 39.7 Å². The molecule has 0 unspecified atom stereocenters. The number of alkyl halides is 1. The van der Waals surface area contributed by atoms with Crippen molar-refractivity contribution in [2.75, 3.05) is 11.9 Å². The van der Waals surface area contributed by atoms with Gasteiger partial charge in [-0.3, -0.25) is 14.5 Å². The third-order valence-corrected chi connectivity index (χ3v) is 6.27. The second-order valence-electron chi connectivity index (χ2n) is 9.80. The predicted molar refractivity (Wildman–Crippen MR) is 146 cm³/mol. The zero-order chi connectivity index (χ0) is 28.4. The molecule has 11 nitrogen and oxygen atoms in total. The summed E-state index contributed by atoms with van der Waals surface area (Å²) in [4.78, 5) is 21.8. The Morgan fingerprint density at radius 2 is 1.93 bits per heavy atom. The van der Waals surface area contributed by atoms with Crippen molar-refractivity contribution < 1.29 is 14.3 Å². The molecule has 40 heavy (non-hydrogen) atoms. The van der Waals surface area contributed by atoms with Gasteiger partial charge in [0.15, 0.2) is 5.82 Å². The third-order valence-electron chi connectivity index (χ3n) is 6.27. The molecule has 5 aromatic rings. The van der Waals surface area contributed by atoms with E-state index in [1.165, 1.54) is 26.2 Å². The molecular formula is C28H26FN9O2. The Labute approximate surface area is 228 Å². The van der Waals surface area contributed by atoms with Crippen LogP contribution in [-0.2, 0) is 7.05 Å². The lowest BCUT2D eigenvalue weighted by Gasteiger charge is -2.22.